The highest BCUT2D eigenvalue weighted by Gasteiger charge is 2.25. The highest BCUT2D eigenvalue weighted by atomic mass is 16.1. The van der Waals surface area contributed by atoms with Crippen LogP contribution in [0.25, 0.3) is 22.2 Å². The number of nitrogens with one attached hydrogen (secondary N) is 2. The lowest BCUT2D eigenvalue weighted by Gasteiger charge is -2.30. The molecule has 2 aromatic carbocycles. The molecule has 0 bridgehead atoms. The number of fused-ring (bicyclic) bond motifs is 1. The molecule has 6 heteroatoms. The number of hydrogen-bond donors (Lipinski definition) is 2. The van der Waals surface area contributed by atoms with Crippen molar-refractivity contribution in [2.75, 3.05) is 18.4 Å². The SMILES string of the molecule is Cn1cc(CN2CCC(C(=O)Nc3ccc(-c4cc5ccccc5[nH]4)cc3)CC2)cn1. The van der Waals surface area contributed by atoms with Crippen LogP contribution in [0, 0.1) is 5.92 Å². The summed E-state index contributed by atoms with van der Waals surface area (Å²) in [5, 5.41) is 8.54. The van der Waals surface area contributed by atoms with Gasteiger partial charge in [0.15, 0.2) is 0 Å². The second-order valence-corrected chi connectivity index (χ2v) is 8.41. The summed E-state index contributed by atoms with van der Waals surface area (Å²) in [6.45, 7) is 2.77. The molecule has 1 fully saturated rings. The number of carbonyl (C=O) groups excluding carboxylic acids is 1. The number of likely N-dealkylation sites (tertiary alicyclic amines) is 1. The number of piperidine rings is 1. The standard InChI is InChI=1S/C25H27N5O/c1-29-16-18(15-26-29)17-30-12-10-20(11-13-30)25(31)27-22-8-6-19(7-9-22)24-14-21-4-2-3-5-23(21)28-24/h2-9,14-16,20,28H,10-13,17H2,1H3,(H,27,31). The number of amides is 1. The quantitative estimate of drug-likeness (QED) is 0.509. The van der Waals surface area contributed by atoms with Gasteiger partial charge in [0.2, 0.25) is 5.91 Å². The summed E-state index contributed by atoms with van der Waals surface area (Å²) in [5.41, 5.74) is 5.39. The molecule has 31 heavy (non-hydrogen) atoms. The first kappa shape index (κ1) is 19.6. The zero-order valence-electron chi connectivity index (χ0n) is 17.7. The molecule has 2 N–H and O–H groups in total. The van der Waals surface area contributed by atoms with Gasteiger partial charge in [-0.1, -0.05) is 30.3 Å². The highest BCUT2D eigenvalue weighted by molar-refractivity contribution is 5.93. The molecule has 4 aromatic rings. The number of para-hydroxylation sites is 1. The second-order valence-electron chi connectivity index (χ2n) is 8.41. The van der Waals surface area contributed by atoms with Crippen molar-refractivity contribution in [2.45, 2.75) is 19.4 Å². The lowest BCUT2D eigenvalue weighted by molar-refractivity contribution is -0.121. The Hall–Kier alpha value is -3.38. The predicted molar refractivity (Wildman–Crippen MR) is 124 cm³/mol. The molecule has 5 rings (SSSR count). The number of aromatic nitrogens is 3. The Morgan fingerprint density at radius 3 is 2.61 bits per heavy atom. The number of hydrogen-bond acceptors (Lipinski definition) is 3. The van der Waals surface area contributed by atoms with Gasteiger partial charge in [-0.15, -0.1) is 0 Å². The zero-order valence-corrected chi connectivity index (χ0v) is 17.7. The Balaban J connectivity index is 1.16. The van der Waals surface area contributed by atoms with E-state index in [0.29, 0.717) is 0 Å². The van der Waals surface area contributed by atoms with Crippen LogP contribution in [0.4, 0.5) is 5.69 Å². The molecule has 1 amide bonds. The normalized spacial score (nSPS) is 15.4. The van der Waals surface area contributed by atoms with Gasteiger partial charge >= 0.3 is 0 Å². The average Bonchev–Trinajstić information content (AvgIpc) is 3.40. The highest BCUT2D eigenvalue weighted by Crippen LogP contribution is 2.26. The first-order valence-corrected chi connectivity index (χ1v) is 10.8. The van der Waals surface area contributed by atoms with E-state index in [2.05, 4.69) is 56.8 Å². The van der Waals surface area contributed by atoms with E-state index in [1.54, 1.807) is 0 Å². The minimum Gasteiger partial charge on any atom is -0.355 e. The van der Waals surface area contributed by atoms with Crippen LogP contribution >= 0.6 is 0 Å². The Morgan fingerprint density at radius 1 is 1.13 bits per heavy atom. The number of anilines is 1. The van der Waals surface area contributed by atoms with Gasteiger partial charge in [-0.3, -0.25) is 14.4 Å². The van der Waals surface area contributed by atoms with Crippen molar-refractivity contribution >= 4 is 22.5 Å². The van der Waals surface area contributed by atoms with Crippen molar-refractivity contribution in [3.8, 4) is 11.3 Å². The van der Waals surface area contributed by atoms with Gasteiger partial charge in [0, 0.05) is 53.6 Å². The third kappa shape index (κ3) is 4.39. The average molecular weight is 414 g/mol. The maximum atomic E-state index is 12.8. The van der Waals surface area contributed by atoms with Gasteiger partial charge in [0.25, 0.3) is 0 Å². The van der Waals surface area contributed by atoms with Crippen molar-refractivity contribution in [1.29, 1.82) is 0 Å². The topological polar surface area (TPSA) is 66.0 Å². The maximum absolute atomic E-state index is 12.8. The van der Waals surface area contributed by atoms with Crippen LogP contribution in [-0.2, 0) is 18.4 Å². The Bertz CT molecular complexity index is 1150. The Labute approximate surface area is 181 Å². The van der Waals surface area contributed by atoms with Crippen molar-refractivity contribution in [3.63, 3.8) is 0 Å². The predicted octanol–water partition coefficient (Wildman–Crippen LogP) is 4.42. The first-order chi connectivity index (χ1) is 15.1. The fraction of sp³-hybridized carbons (Fsp3) is 0.280. The molecule has 1 aliphatic heterocycles. The minimum absolute atomic E-state index is 0.0681. The van der Waals surface area contributed by atoms with Gasteiger partial charge in [-0.2, -0.15) is 5.10 Å². The van der Waals surface area contributed by atoms with Crippen LogP contribution < -0.4 is 5.32 Å². The van der Waals surface area contributed by atoms with Crippen molar-refractivity contribution < 1.29 is 4.79 Å². The van der Waals surface area contributed by atoms with E-state index in [-0.39, 0.29) is 11.8 Å². The molecule has 6 nitrogen and oxygen atoms in total. The van der Waals surface area contributed by atoms with E-state index in [1.807, 2.05) is 42.2 Å². The molecule has 0 spiro atoms. The maximum Gasteiger partial charge on any atom is 0.227 e. The fourth-order valence-electron chi connectivity index (χ4n) is 4.37. The molecule has 0 aliphatic carbocycles. The number of aryl methyl sites for hydroxylation is 1. The first-order valence-electron chi connectivity index (χ1n) is 10.8. The number of carbonyl (C=O) groups is 1. The number of H-pyrrole nitrogens is 1. The largest absolute Gasteiger partial charge is 0.355 e. The van der Waals surface area contributed by atoms with E-state index in [1.165, 1.54) is 10.9 Å². The van der Waals surface area contributed by atoms with Crippen LogP contribution in [0.1, 0.15) is 18.4 Å². The van der Waals surface area contributed by atoms with Crippen LogP contribution in [0.3, 0.4) is 0 Å². The molecule has 0 unspecified atom stereocenters. The zero-order chi connectivity index (χ0) is 21.2. The van der Waals surface area contributed by atoms with Crippen molar-refractivity contribution in [3.05, 3.63) is 72.6 Å². The Morgan fingerprint density at radius 2 is 1.90 bits per heavy atom. The lowest BCUT2D eigenvalue weighted by atomic mass is 9.95. The number of nitrogens with zero attached hydrogens (tertiary/aromatic N) is 3. The third-order valence-electron chi connectivity index (χ3n) is 6.12. The summed E-state index contributed by atoms with van der Waals surface area (Å²) in [6, 6.07) is 18.5. The monoisotopic (exact) mass is 413 g/mol. The lowest BCUT2D eigenvalue weighted by Crippen LogP contribution is -2.37. The van der Waals surface area contributed by atoms with E-state index in [9.17, 15) is 4.79 Å². The Kier molecular flexibility index (Phi) is 5.30. The molecular formula is C25H27N5O. The molecule has 1 saturated heterocycles. The molecule has 2 aromatic heterocycles. The smallest absolute Gasteiger partial charge is 0.227 e. The van der Waals surface area contributed by atoms with Gasteiger partial charge in [-0.05, 0) is 55.8 Å². The molecule has 3 heterocycles. The van der Waals surface area contributed by atoms with E-state index < -0.39 is 0 Å². The van der Waals surface area contributed by atoms with Crippen LogP contribution in [0.5, 0.6) is 0 Å². The summed E-state index contributed by atoms with van der Waals surface area (Å²) >= 11 is 0. The fourth-order valence-corrected chi connectivity index (χ4v) is 4.37. The molecule has 0 saturated carbocycles. The van der Waals surface area contributed by atoms with Gasteiger partial charge in [0.05, 0.1) is 6.20 Å². The number of aromatic amines is 1. The van der Waals surface area contributed by atoms with Crippen molar-refractivity contribution in [1.82, 2.24) is 19.7 Å². The molecule has 1 aliphatic rings. The summed E-state index contributed by atoms with van der Waals surface area (Å²) in [7, 11) is 1.94. The second kappa shape index (κ2) is 8.40. The van der Waals surface area contributed by atoms with Crippen LogP contribution in [-0.4, -0.2) is 38.7 Å². The molecule has 0 atom stereocenters. The van der Waals surface area contributed by atoms with Gasteiger partial charge in [0.1, 0.15) is 0 Å². The van der Waals surface area contributed by atoms with Gasteiger partial charge < -0.3 is 10.3 Å². The van der Waals surface area contributed by atoms with E-state index in [0.717, 1.165) is 54.9 Å². The summed E-state index contributed by atoms with van der Waals surface area (Å²) in [4.78, 5) is 18.6. The van der Waals surface area contributed by atoms with Crippen LogP contribution in [0.2, 0.25) is 0 Å². The summed E-state index contributed by atoms with van der Waals surface area (Å²) in [6.07, 6.45) is 5.75. The number of benzene rings is 2. The molecule has 158 valence electrons. The third-order valence-corrected chi connectivity index (χ3v) is 6.12. The van der Waals surface area contributed by atoms with E-state index in [4.69, 9.17) is 0 Å². The number of rotatable bonds is 5. The molecule has 0 radical (unpaired) electrons. The summed E-state index contributed by atoms with van der Waals surface area (Å²) in [5.74, 6) is 0.193. The minimum atomic E-state index is 0.0681. The van der Waals surface area contributed by atoms with E-state index >= 15 is 0 Å². The molecular weight excluding hydrogens is 386 g/mol. The summed E-state index contributed by atoms with van der Waals surface area (Å²) < 4.78 is 1.83. The van der Waals surface area contributed by atoms with Crippen LogP contribution in [0.15, 0.2) is 67.0 Å². The van der Waals surface area contributed by atoms with Crippen molar-refractivity contribution in [2.24, 2.45) is 13.0 Å². The van der Waals surface area contributed by atoms with Gasteiger partial charge in [-0.25, -0.2) is 0 Å².